The zero-order chi connectivity index (χ0) is 12.1. The van der Waals surface area contributed by atoms with Gasteiger partial charge in [-0.1, -0.05) is 30.7 Å². The summed E-state index contributed by atoms with van der Waals surface area (Å²) in [7, 11) is 0. The van der Waals surface area contributed by atoms with Crippen LogP contribution in [0.2, 0.25) is 5.02 Å². The monoisotopic (exact) mass is 274 g/mol. The Bertz CT molecular complexity index is 382. The van der Waals surface area contributed by atoms with Crippen molar-refractivity contribution >= 4 is 46.3 Å². The second-order valence-electron chi connectivity index (χ2n) is 3.49. The molecule has 0 saturated carbocycles. The van der Waals surface area contributed by atoms with E-state index >= 15 is 0 Å². The molecule has 0 amide bonds. The van der Waals surface area contributed by atoms with Crippen LogP contribution in [-0.2, 0) is 0 Å². The van der Waals surface area contributed by atoms with Crippen molar-refractivity contribution in [2.45, 2.75) is 12.2 Å². The fraction of sp³-hybridized carbons (Fsp3) is 0.364. The Morgan fingerprint density at radius 2 is 2.31 bits per heavy atom. The van der Waals surface area contributed by atoms with Crippen molar-refractivity contribution in [3.8, 4) is 0 Å². The van der Waals surface area contributed by atoms with E-state index in [1.54, 1.807) is 6.07 Å². The number of thioether (sulfide) groups is 1. The van der Waals surface area contributed by atoms with Gasteiger partial charge in [0.25, 0.3) is 0 Å². The van der Waals surface area contributed by atoms with Crippen molar-refractivity contribution in [3.05, 3.63) is 28.8 Å². The maximum atomic E-state index is 6.12. The molecule has 0 spiro atoms. The molecule has 1 unspecified atom stereocenters. The molecule has 0 radical (unpaired) electrons. The van der Waals surface area contributed by atoms with Crippen molar-refractivity contribution in [1.29, 1.82) is 0 Å². The Hall–Kier alpha value is -0.450. The van der Waals surface area contributed by atoms with Gasteiger partial charge in [0.05, 0.1) is 10.7 Å². The van der Waals surface area contributed by atoms with Crippen molar-refractivity contribution in [1.82, 2.24) is 0 Å². The van der Waals surface area contributed by atoms with Gasteiger partial charge in [-0.15, -0.1) is 0 Å². The molecule has 2 nitrogen and oxygen atoms in total. The van der Waals surface area contributed by atoms with Crippen LogP contribution in [0.1, 0.15) is 12.5 Å². The molecule has 0 bridgehead atoms. The Balaban J connectivity index is 2.72. The summed E-state index contributed by atoms with van der Waals surface area (Å²) in [5, 5.41) is 4.49. The van der Waals surface area contributed by atoms with Gasteiger partial charge in [-0.2, -0.15) is 11.8 Å². The SMILES string of the molecule is CSC(C)CNc1ccc(C(N)=S)cc1Cl. The summed E-state index contributed by atoms with van der Waals surface area (Å²) in [6, 6.07) is 5.57. The molecule has 5 heteroatoms. The lowest BCUT2D eigenvalue weighted by Crippen LogP contribution is -2.13. The van der Waals surface area contributed by atoms with E-state index in [1.165, 1.54) is 0 Å². The summed E-state index contributed by atoms with van der Waals surface area (Å²) < 4.78 is 0. The fourth-order valence-electron chi connectivity index (χ4n) is 1.15. The van der Waals surface area contributed by atoms with E-state index in [4.69, 9.17) is 29.6 Å². The van der Waals surface area contributed by atoms with Crippen LogP contribution in [-0.4, -0.2) is 23.0 Å². The molecular formula is C11H15ClN2S2. The molecule has 0 aliphatic carbocycles. The minimum atomic E-state index is 0.367. The fourth-order valence-corrected chi connectivity index (χ4v) is 1.77. The summed E-state index contributed by atoms with van der Waals surface area (Å²) in [5.74, 6) is 0. The largest absolute Gasteiger partial charge is 0.389 e. The molecule has 0 aliphatic rings. The third-order valence-corrected chi connectivity index (χ3v) is 3.76. The van der Waals surface area contributed by atoms with Crippen LogP contribution in [0, 0.1) is 0 Å². The van der Waals surface area contributed by atoms with Gasteiger partial charge < -0.3 is 11.1 Å². The van der Waals surface area contributed by atoms with Crippen molar-refractivity contribution in [3.63, 3.8) is 0 Å². The number of nitrogens with two attached hydrogens (primary N) is 1. The highest BCUT2D eigenvalue weighted by molar-refractivity contribution is 7.99. The maximum Gasteiger partial charge on any atom is 0.104 e. The number of benzene rings is 1. The van der Waals surface area contributed by atoms with Crippen LogP contribution in [0.15, 0.2) is 18.2 Å². The van der Waals surface area contributed by atoms with Gasteiger partial charge in [-0.3, -0.25) is 0 Å². The topological polar surface area (TPSA) is 38.0 Å². The number of anilines is 1. The first-order chi connectivity index (χ1) is 7.54. The lowest BCUT2D eigenvalue weighted by atomic mass is 10.2. The molecule has 0 aliphatic heterocycles. The summed E-state index contributed by atoms with van der Waals surface area (Å²) in [4.78, 5) is 0.367. The van der Waals surface area contributed by atoms with E-state index in [2.05, 4.69) is 18.5 Å². The highest BCUT2D eigenvalue weighted by atomic mass is 35.5. The first kappa shape index (κ1) is 13.6. The number of nitrogens with one attached hydrogen (secondary N) is 1. The van der Waals surface area contributed by atoms with Gasteiger partial charge in [0.1, 0.15) is 4.99 Å². The predicted molar refractivity (Wildman–Crippen MR) is 78.8 cm³/mol. The molecule has 1 rings (SSSR count). The smallest absolute Gasteiger partial charge is 0.104 e. The van der Waals surface area contributed by atoms with Crippen LogP contribution < -0.4 is 11.1 Å². The van der Waals surface area contributed by atoms with E-state index in [1.807, 2.05) is 23.9 Å². The first-order valence-electron chi connectivity index (χ1n) is 4.90. The molecule has 16 heavy (non-hydrogen) atoms. The van der Waals surface area contributed by atoms with Gasteiger partial charge in [-0.25, -0.2) is 0 Å². The average Bonchev–Trinajstić information content (AvgIpc) is 2.26. The van der Waals surface area contributed by atoms with Crippen LogP contribution in [0.4, 0.5) is 5.69 Å². The number of hydrogen-bond donors (Lipinski definition) is 2. The van der Waals surface area contributed by atoms with E-state index in [-0.39, 0.29) is 0 Å². The second-order valence-corrected chi connectivity index (χ2v) is 5.61. The average molecular weight is 275 g/mol. The Morgan fingerprint density at radius 1 is 1.62 bits per heavy atom. The Kier molecular flexibility index (Phi) is 5.38. The maximum absolute atomic E-state index is 6.12. The van der Waals surface area contributed by atoms with Gasteiger partial charge >= 0.3 is 0 Å². The highest BCUT2D eigenvalue weighted by Crippen LogP contribution is 2.23. The lowest BCUT2D eigenvalue weighted by molar-refractivity contribution is 1.00. The van der Waals surface area contributed by atoms with Crippen LogP contribution in [0.5, 0.6) is 0 Å². The summed E-state index contributed by atoms with van der Waals surface area (Å²) in [6.07, 6.45) is 2.09. The predicted octanol–water partition coefficient (Wildman–Crippen LogP) is 3.14. The van der Waals surface area contributed by atoms with E-state index in [0.29, 0.717) is 15.3 Å². The van der Waals surface area contributed by atoms with Gasteiger partial charge in [0.15, 0.2) is 0 Å². The van der Waals surface area contributed by atoms with Gasteiger partial charge in [0, 0.05) is 17.4 Å². The number of thiocarbonyl (C=S) groups is 1. The molecule has 0 heterocycles. The minimum Gasteiger partial charge on any atom is -0.389 e. The zero-order valence-corrected chi connectivity index (χ0v) is 11.7. The minimum absolute atomic E-state index is 0.367. The van der Waals surface area contributed by atoms with E-state index in [9.17, 15) is 0 Å². The number of hydrogen-bond acceptors (Lipinski definition) is 3. The second kappa shape index (κ2) is 6.33. The molecule has 0 fully saturated rings. The molecular weight excluding hydrogens is 260 g/mol. The summed E-state index contributed by atoms with van der Waals surface area (Å²) >= 11 is 12.8. The third-order valence-electron chi connectivity index (χ3n) is 2.24. The quantitative estimate of drug-likeness (QED) is 0.809. The number of rotatable bonds is 5. The van der Waals surface area contributed by atoms with Gasteiger partial charge in [-0.05, 0) is 24.5 Å². The van der Waals surface area contributed by atoms with Crippen LogP contribution in [0.25, 0.3) is 0 Å². The Morgan fingerprint density at radius 3 is 2.81 bits per heavy atom. The molecule has 1 aromatic carbocycles. The lowest BCUT2D eigenvalue weighted by Gasteiger charge is -2.13. The molecule has 0 aromatic heterocycles. The third kappa shape index (κ3) is 3.85. The van der Waals surface area contributed by atoms with E-state index in [0.717, 1.165) is 17.8 Å². The molecule has 1 aromatic rings. The Labute approximate surface area is 111 Å². The standard InChI is InChI=1S/C11H15ClN2S2/c1-7(16-2)6-14-10-4-3-8(11(13)15)5-9(10)12/h3-5,7,14H,6H2,1-2H3,(H2,13,15). The highest BCUT2D eigenvalue weighted by Gasteiger charge is 2.05. The summed E-state index contributed by atoms with van der Waals surface area (Å²) in [5.41, 5.74) is 7.24. The molecule has 3 N–H and O–H groups in total. The van der Waals surface area contributed by atoms with E-state index < -0.39 is 0 Å². The number of halogens is 1. The molecule has 1 atom stereocenters. The van der Waals surface area contributed by atoms with Crippen LogP contribution in [0.3, 0.4) is 0 Å². The van der Waals surface area contributed by atoms with Crippen molar-refractivity contribution in [2.24, 2.45) is 5.73 Å². The van der Waals surface area contributed by atoms with Crippen LogP contribution >= 0.6 is 35.6 Å². The molecule has 0 saturated heterocycles. The zero-order valence-electron chi connectivity index (χ0n) is 9.29. The molecule has 88 valence electrons. The first-order valence-corrected chi connectivity index (χ1v) is 6.98. The van der Waals surface area contributed by atoms with Crippen molar-refractivity contribution < 1.29 is 0 Å². The normalized spacial score (nSPS) is 12.2. The van der Waals surface area contributed by atoms with Gasteiger partial charge in [0.2, 0.25) is 0 Å². The van der Waals surface area contributed by atoms with Crippen molar-refractivity contribution in [2.75, 3.05) is 18.1 Å². The summed E-state index contributed by atoms with van der Waals surface area (Å²) in [6.45, 7) is 3.04.